The topological polar surface area (TPSA) is 3.24 Å². The molecule has 54 valence electrons. The van der Waals surface area contributed by atoms with Gasteiger partial charge < -0.3 is 4.90 Å². The summed E-state index contributed by atoms with van der Waals surface area (Å²) in [5.74, 6) is 2.71. The van der Waals surface area contributed by atoms with E-state index >= 15 is 0 Å². The minimum absolute atomic E-state index is 0.192. The van der Waals surface area contributed by atoms with Crippen LogP contribution in [0.2, 0.25) is 0 Å². The van der Waals surface area contributed by atoms with E-state index in [2.05, 4.69) is 12.8 Å². The molecule has 1 rings (SSSR count). The van der Waals surface area contributed by atoms with Gasteiger partial charge in [0.15, 0.2) is 0 Å². The van der Waals surface area contributed by atoms with Crippen LogP contribution in [-0.2, 0) is 0 Å². The molecule has 0 amide bonds. The second-order valence-corrected chi connectivity index (χ2v) is 4.32. The van der Waals surface area contributed by atoms with Crippen LogP contribution in [0.25, 0.3) is 0 Å². The van der Waals surface area contributed by atoms with Gasteiger partial charge >= 0.3 is 0 Å². The van der Waals surface area contributed by atoms with E-state index in [0.717, 1.165) is 4.32 Å². The summed E-state index contributed by atoms with van der Waals surface area (Å²) in [6, 6.07) is 0.192. The van der Waals surface area contributed by atoms with Crippen molar-refractivity contribution in [3.8, 4) is 12.3 Å². The normalized spacial score (nSPS) is 32.5. The van der Waals surface area contributed by atoms with Crippen LogP contribution in [0.4, 0.5) is 0 Å². The van der Waals surface area contributed by atoms with Gasteiger partial charge in [-0.2, -0.15) is 0 Å². The van der Waals surface area contributed by atoms with Gasteiger partial charge in [0.05, 0.1) is 0 Å². The monoisotopic (exact) mass is 171 g/mol. The second kappa shape index (κ2) is 2.81. The Labute approximate surface area is 71.2 Å². The molecule has 0 bridgehead atoms. The number of thiocarbonyl (C=S) groups is 1. The van der Waals surface area contributed by atoms with Crippen LogP contribution in [0.3, 0.4) is 0 Å². The third kappa shape index (κ3) is 1.14. The first-order chi connectivity index (χ1) is 4.66. The summed E-state index contributed by atoms with van der Waals surface area (Å²) in [7, 11) is 1.95. The molecule has 1 nitrogen and oxygen atoms in total. The Kier molecular flexibility index (Phi) is 2.22. The molecule has 0 aliphatic carbocycles. The summed E-state index contributed by atoms with van der Waals surface area (Å²) in [5, 5.41) is 0.447. The van der Waals surface area contributed by atoms with E-state index in [1.807, 2.05) is 11.9 Å². The van der Waals surface area contributed by atoms with Crippen LogP contribution >= 0.6 is 24.0 Å². The van der Waals surface area contributed by atoms with Crippen molar-refractivity contribution < 1.29 is 0 Å². The van der Waals surface area contributed by atoms with Crippen molar-refractivity contribution >= 4 is 28.3 Å². The van der Waals surface area contributed by atoms with Crippen molar-refractivity contribution in [1.29, 1.82) is 0 Å². The molecule has 1 aliphatic heterocycles. The van der Waals surface area contributed by atoms with E-state index < -0.39 is 0 Å². The molecule has 3 heteroatoms. The van der Waals surface area contributed by atoms with E-state index in [-0.39, 0.29) is 6.04 Å². The molecule has 1 fully saturated rings. The van der Waals surface area contributed by atoms with Crippen LogP contribution in [0.1, 0.15) is 6.92 Å². The SMILES string of the molecule is C#CC1C(C)SC(=S)N1C. The predicted octanol–water partition coefficient (Wildman–Crippen LogP) is 1.34. The zero-order valence-electron chi connectivity index (χ0n) is 6.00. The molecule has 0 aromatic rings. The van der Waals surface area contributed by atoms with E-state index in [1.165, 1.54) is 0 Å². The summed E-state index contributed by atoms with van der Waals surface area (Å²) >= 11 is 6.73. The van der Waals surface area contributed by atoms with Gasteiger partial charge in [0, 0.05) is 12.3 Å². The standard InChI is InChI=1S/C7H9NS2/c1-4-6-5(2)10-7(9)8(6)3/h1,5-6H,2-3H3. The Bertz CT molecular complexity index is 194. The number of thioether (sulfide) groups is 1. The van der Waals surface area contributed by atoms with Crippen molar-refractivity contribution in [3.05, 3.63) is 0 Å². The molecular weight excluding hydrogens is 162 g/mol. The Hall–Kier alpha value is -0.200. The van der Waals surface area contributed by atoms with Gasteiger partial charge in [0.1, 0.15) is 10.4 Å². The molecule has 0 aromatic heterocycles. The smallest absolute Gasteiger partial charge is 0.137 e. The molecule has 1 heterocycles. The molecule has 0 spiro atoms. The molecule has 2 atom stereocenters. The Morgan fingerprint density at radius 2 is 2.40 bits per heavy atom. The quantitative estimate of drug-likeness (QED) is 0.400. The van der Waals surface area contributed by atoms with Gasteiger partial charge in [0.25, 0.3) is 0 Å². The number of terminal acetylenes is 1. The number of nitrogens with zero attached hydrogens (tertiary/aromatic N) is 1. The second-order valence-electron chi connectivity index (χ2n) is 2.31. The lowest BCUT2D eigenvalue weighted by Crippen LogP contribution is -2.30. The van der Waals surface area contributed by atoms with Crippen molar-refractivity contribution in [2.45, 2.75) is 18.2 Å². The zero-order chi connectivity index (χ0) is 7.72. The Balaban J connectivity index is 2.76. The molecule has 0 saturated carbocycles. The summed E-state index contributed by atoms with van der Waals surface area (Å²) < 4.78 is 0.912. The first-order valence-electron chi connectivity index (χ1n) is 3.06. The van der Waals surface area contributed by atoms with Crippen molar-refractivity contribution in [2.24, 2.45) is 0 Å². The lowest BCUT2D eigenvalue weighted by atomic mass is 10.2. The minimum Gasteiger partial charge on any atom is -0.346 e. The number of hydrogen-bond acceptors (Lipinski definition) is 2. The molecule has 2 unspecified atom stereocenters. The third-order valence-electron chi connectivity index (χ3n) is 1.61. The first kappa shape index (κ1) is 7.90. The van der Waals surface area contributed by atoms with E-state index in [0.29, 0.717) is 5.25 Å². The predicted molar refractivity (Wildman–Crippen MR) is 50.0 cm³/mol. The van der Waals surface area contributed by atoms with Crippen molar-refractivity contribution in [1.82, 2.24) is 4.90 Å². The van der Waals surface area contributed by atoms with E-state index in [9.17, 15) is 0 Å². The highest BCUT2D eigenvalue weighted by Crippen LogP contribution is 2.29. The average Bonchev–Trinajstić information content (AvgIpc) is 2.09. The maximum atomic E-state index is 5.31. The molecule has 1 saturated heterocycles. The number of hydrogen-bond donors (Lipinski definition) is 0. The van der Waals surface area contributed by atoms with Gasteiger partial charge in [-0.3, -0.25) is 0 Å². The molecule has 0 N–H and O–H groups in total. The van der Waals surface area contributed by atoms with Crippen LogP contribution < -0.4 is 0 Å². The van der Waals surface area contributed by atoms with Gasteiger partial charge in [0.2, 0.25) is 0 Å². The highest BCUT2D eigenvalue weighted by molar-refractivity contribution is 8.23. The highest BCUT2D eigenvalue weighted by Gasteiger charge is 2.30. The zero-order valence-corrected chi connectivity index (χ0v) is 7.63. The molecule has 0 radical (unpaired) electrons. The van der Waals surface area contributed by atoms with Gasteiger partial charge in [-0.25, -0.2) is 0 Å². The van der Waals surface area contributed by atoms with Crippen LogP contribution in [-0.4, -0.2) is 27.6 Å². The van der Waals surface area contributed by atoms with Crippen molar-refractivity contribution in [2.75, 3.05) is 7.05 Å². The summed E-state index contributed by atoms with van der Waals surface area (Å²) in [6.07, 6.45) is 5.31. The van der Waals surface area contributed by atoms with Gasteiger partial charge in [-0.05, 0) is 6.92 Å². The lowest BCUT2D eigenvalue weighted by molar-refractivity contribution is 0.463. The van der Waals surface area contributed by atoms with Gasteiger partial charge in [-0.1, -0.05) is 29.9 Å². The summed E-state index contributed by atoms with van der Waals surface area (Å²) in [5.41, 5.74) is 0. The molecule has 0 aromatic carbocycles. The Morgan fingerprint density at radius 3 is 2.60 bits per heavy atom. The largest absolute Gasteiger partial charge is 0.346 e. The maximum absolute atomic E-state index is 5.31. The van der Waals surface area contributed by atoms with Crippen LogP contribution in [0.5, 0.6) is 0 Å². The molecular formula is C7H9NS2. The summed E-state index contributed by atoms with van der Waals surface area (Å²) in [4.78, 5) is 1.98. The fourth-order valence-corrected chi connectivity index (χ4v) is 2.54. The van der Waals surface area contributed by atoms with Crippen molar-refractivity contribution in [3.63, 3.8) is 0 Å². The number of rotatable bonds is 0. The van der Waals surface area contributed by atoms with Crippen LogP contribution in [0.15, 0.2) is 0 Å². The fraction of sp³-hybridized carbons (Fsp3) is 0.571. The minimum atomic E-state index is 0.192. The molecule has 10 heavy (non-hydrogen) atoms. The van der Waals surface area contributed by atoms with E-state index in [4.69, 9.17) is 18.6 Å². The third-order valence-corrected chi connectivity index (χ3v) is 3.30. The fourth-order valence-electron chi connectivity index (χ4n) is 0.982. The van der Waals surface area contributed by atoms with E-state index in [1.54, 1.807) is 11.8 Å². The van der Waals surface area contributed by atoms with Crippen LogP contribution in [0, 0.1) is 12.3 Å². The Morgan fingerprint density at radius 1 is 1.80 bits per heavy atom. The average molecular weight is 171 g/mol. The summed E-state index contributed by atoms with van der Waals surface area (Å²) in [6.45, 7) is 2.10. The first-order valence-corrected chi connectivity index (χ1v) is 4.35. The highest BCUT2D eigenvalue weighted by atomic mass is 32.2. The maximum Gasteiger partial charge on any atom is 0.137 e. The van der Waals surface area contributed by atoms with Gasteiger partial charge in [-0.15, -0.1) is 6.42 Å². The molecule has 1 aliphatic rings. The lowest BCUT2D eigenvalue weighted by Gasteiger charge is -2.16.